The molecule has 230 valence electrons. The van der Waals surface area contributed by atoms with Crippen LogP contribution < -0.4 is 0 Å². The molecule has 8 unspecified atom stereocenters. The van der Waals surface area contributed by atoms with Gasteiger partial charge in [0.2, 0.25) is 0 Å². The van der Waals surface area contributed by atoms with E-state index < -0.39 is 82.5 Å². The van der Waals surface area contributed by atoms with E-state index in [1.165, 1.54) is 13.8 Å². The van der Waals surface area contributed by atoms with Crippen LogP contribution in [0.2, 0.25) is 0 Å². The van der Waals surface area contributed by atoms with Gasteiger partial charge in [0.25, 0.3) is 0 Å². The van der Waals surface area contributed by atoms with Crippen molar-refractivity contribution >= 4 is 17.9 Å². The van der Waals surface area contributed by atoms with E-state index in [9.17, 15) is 34.8 Å². The predicted octanol–water partition coefficient (Wildman–Crippen LogP) is 1.44. The monoisotopic (exact) mass is 588 g/mol. The van der Waals surface area contributed by atoms with Gasteiger partial charge < -0.3 is 39.4 Å². The number of aliphatic hydroxyl groups is 4. The molecular formula is C31H40O11. The summed E-state index contributed by atoms with van der Waals surface area (Å²) >= 11 is 0. The largest absolute Gasteiger partial charge is 0.455 e. The molecule has 1 aromatic rings. The molecule has 11 nitrogen and oxygen atoms in total. The minimum absolute atomic E-state index is 0.0496. The van der Waals surface area contributed by atoms with Crippen molar-refractivity contribution in [2.24, 2.45) is 16.7 Å². The summed E-state index contributed by atoms with van der Waals surface area (Å²) in [5.74, 6) is -3.46. The minimum Gasteiger partial charge on any atom is -0.455 e. The van der Waals surface area contributed by atoms with Gasteiger partial charge in [-0.1, -0.05) is 39.0 Å². The van der Waals surface area contributed by atoms with Crippen molar-refractivity contribution in [3.63, 3.8) is 0 Å². The molecule has 3 aliphatic carbocycles. The lowest BCUT2D eigenvalue weighted by Gasteiger charge is -2.69. The lowest BCUT2D eigenvalue weighted by atomic mass is 9.44. The van der Waals surface area contributed by atoms with Crippen LogP contribution >= 0.6 is 0 Å². The highest BCUT2D eigenvalue weighted by atomic mass is 16.6. The number of fused-ring (bicyclic) bond motifs is 5. The number of benzene rings is 1. The first-order valence-electron chi connectivity index (χ1n) is 14.2. The summed E-state index contributed by atoms with van der Waals surface area (Å²) in [6.45, 7) is 8.75. The molecule has 42 heavy (non-hydrogen) atoms. The van der Waals surface area contributed by atoms with Gasteiger partial charge >= 0.3 is 17.9 Å². The molecule has 0 amide bonds. The van der Waals surface area contributed by atoms with Crippen molar-refractivity contribution in [1.82, 2.24) is 0 Å². The average molecular weight is 589 g/mol. The molecule has 5 rings (SSSR count). The summed E-state index contributed by atoms with van der Waals surface area (Å²) in [6.07, 6.45) is -8.39. The highest BCUT2D eigenvalue weighted by Gasteiger charge is 2.78. The first kappa shape index (κ1) is 30.6. The topological polar surface area (TPSA) is 169 Å². The van der Waals surface area contributed by atoms with Crippen LogP contribution in [0.5, 0.6) is 0 Å². The SMILES string of the molecule is CC(=O)OC1C2=C(C)C(O)CC(O)(C(OC(=O)c3ccccc3)C3[C@]4(OC(C)=O)COC4CC(O)[C@@]3(C)C1O)C2(C)C. The second-order valence-corrected chi connectivity index (χ2v) is 13.0. The fourth-order valence-electron chi connectivity index (χ4n) is 8.15. The van der Waals surface area contributed by atoms with Crippen LogP contribution in [0.25, 0.3) is 0 Å². The van der Waals surface area contributed by atoms with Crippen LogP contribution in [0.4, 0.5) is 0 Å². The quantitative estimate of drug-likeness (QED) is 0.228. The Morgan fingerprint density at radius 2 is 1.62 bits per heavy atom. The molecule has 2 saturated carbocycles. The van der Waals surface area contributed by atoms with Crippen molar-refractivity contribution in [3.8, 4) is 0 Å². The molecule has 1 aromatic carbocycles. The third-order valence-electron chi connectivity index (χ3n) is 10.4. The van der Waals surface area contributed by atoms with E-state index in [-0.39, 0.29) is 30.6 Å². The Bertz CT molecular complexity index is 1310. The smallest absolute Gasteiger partial charge is 0.338 e. The third-order valence-corrected chi connectivity index (χ3v) is 10.4. The zero-order valence-electron chi connectivity index (χ0n) is 24.7. The Morgan fingerprint density at radius 3 is 2.17 bits per heavy atom. The standard InChI is InChI=1S/C31H40O11/c1-15-19(34)13-31(38)26(41-27(37)18-10-8-7-9-11-18)24-29(6,20(35)12-21-30(24,14-39-21)42-17(3)33)25(36)23(40-16(2)32)22(15)28(31,4)5/h7-11,19-21,23-26,34-36,38H,12-14H2,1-6H3/t19?,20?,21?,23?,24?,25?,26?,29-,30+,31?/m1/s1. The highest BCUT2D eigenvalue weighted by molar-refractivity contribution is 5.89. The van der Waals surface area contributed by atoms with E-state index in [0.717, 1.165) is 0 Å². The number of aliphatic hydroxyl groups excluding tert-OH is 3. The minimum atomic E-state index is -2.07. The van der Waals surface area contributed by atoms with Gasteiger partial charge in [-0.25, -0.2) is 4.79 Å². The predicted molar refractivity (Wildman–Crippen MR) is 146 cm³/mol. The summed E-state index contributed by atoms with van der Waals surface area (Å²) in [7, 11) is 0. The van der Waals surface area contributed by atoms with Gasteiger partial charge in [-0.3, -0.25) is 9.59 Å². The molecule has 0 radical (unpaired) electrons. The number of carbonyl (C=O) groups excluding carboxylic acids is 3. The zero-order chi connectivity index (χ0) is 31.0. The zero-order valence-corrected chi connectivity index (χ0v) is 24.7. The molecule has 4 aliphatic rings. The van der Waals surface area contributed by atoms with Crippen molar-refractivity contribution < 1.29 is 53.8 Å². The molecule has 3 fully saturated rings. The molecule has 1 saturated heterocycles. The van der Waals surface area contributed by atoms with Crippen molar-refractivity contribution in [1.29, 1.82) is 0 Å². The average Bonchev–Trinajstić information content (AvgIpc) is 2.90. The Hall–Kier alpha value is -2.83. The Balaban J connectivity index is 1.83. The molecule has 0 spiro atoms. The number of hydrogen-bond acceptors (Lipinski definition) is 11. The number of hydrogen-bond donors (Lipinski definition) is 4. The van der Waals surface area contributed by atoms with Crippen molar-refractivity contribution in [2.45, 2.75) is 102 Å². The maximum Gasteiger partial charge on any atom is 0.338 e. The van der Waals surface area contributed by atoms with Crippen LogP contribution in [0.3, 0.4) is 0 Å². The number of ether oxygens (including phenoxy) is 4. The van der Waals surface area contributed by atoms with Crippen LogP contribution in [0.15, 0.2) is 41.5 Å². The molecule has 10 atom stereocenters. The van der Waals surface area contributed by atoms with E-state index in [4.69, 9.17) is 18.9 Å². The van der Waals surface area contributed by atoms with Crippen LogP contribution in [-0.2, 0) is 28.5 Å². The van der Waals surface area contributed by atoms with E-state index in [1.807, 2.05) is 0 Å². The summed E-state index contributed by atoms with van der Waals surface area (Å²) in [6, 6.07) is 8.12. The van der Waals surface area contributed by atoms with Gasteiger partial charge in [-0.2, -0.15) is 0 Å². The molecule has 2 bridgehead atoms. The fourth-order valence-corrected chi connectivity index (χ4v) is 8.15. The first-order chi connectivity index (χ1) is 19.5. The molecular weight excluding hydrogens is 548 g/mol. The fraction of sp³-hybridized carbons (Fsp3) is 0.645. The van der Waals surface area contributed by atoms with Crippen molar-refractivity contribution in [3.05, 3.63) is 47.0 Å². The highest BCUT2D eigenvalue weighted by Crippen LogP contribution is 2.65. The van der Waals surface area contributed by atoms with Gasteiger partial charge in [0.05, 0.1) is 30.3 Å². The molecule has 1 heterocycles. The van der Waals surface area contributed by atoms with Crippen LogP contribution in [0, 0.1) is 16.7 Å². The molecule has 1 aliphatic heterocycles. The summed E-state index contributed by atoms with van der Waals surface area (Å²) in [5, 5.41) is 48.2. The lowest BCUT2D eigenvalue weighted by Crippen LogP contribution is -2.82. The van der Waals surface area contributed by atoms with Crippen molar-refractivity contribution in [2.75, 3.05) is 6.61 Å². The number of rotatable bonds is 4. The summed E-state index contributed by atoms with van der Waals surface area (Å²) < 4.78 is 23.7. The van der Waals surface area contributed by atoms with E-state index in [1.54, 1.807) is 58.0 Å². The summed E-state index contributed by atoms with van der Waals surface area (Å²) in [4.78, 5) is 38.7. The number of esters is 3. The van der Waals surface area contributed by atoms with Crippen LogP contribution in [-0.4, -0.2) is 92.8 Å². The summed E-state index contributed by atoms with van der Waals surface area (Å²) in [5.41, 5.74) is -5.84. The van der Waals surface area contributed by atoms with Gasteiger partial charge in [0, 0.05) is 37.5 Å². The van der Waals surface area contributed by atoms with Crippen LogP contribution in [0.1, 0.15) is 64.7 Å². The Kier molecular flexibility index (Phi) is 7.38. The van der Waals surface area contributed by atoms with Gasteiger partial charge in [-0.05, 0) is 30.2 Å². The molecule has 11 heteroatoms. The molecule has 4 N–H and O–H groups in total. The first-order valence-corrected chi connectivity index (χ1v) is 14.2. The normalized spacial score (nSPS) is 42.1. The lowest BCUT2D eigenvalue weighted by molar-refractivity contribution is -0.365. The van der Waals surface area contributed by atoms with E-state index in [0.29, 0.717) is 5.57 Å². The van der Waals surface area contributed by atoms with Gasteiger partial charge in [0.15, 0.2) is 11.7 Å². The Morgan fingerprint density at radius 1 is 0.976 bits per heavy atom. The molecule has 0 aromatic heterocycles. The van der Waals surface area contributed by atoms with Gasteiger partial charge in [-0.15, -0.1) is 0 Å². The Labute approximate surface area is 244 Å². The number of carbonyl (C=O) groups is 3. The maximum atomic E-state index is 13.7. The van der Waals surface area contributed by atoms with E-state index >= 15 is 0 Å². The van der Waals surface area contributed by atoms with Gasteiger partial charge in [0.1, 0.15) is 23.9 Å². The second kappa shape index (κ2) is 10.1. The third kappa shape index (κ3) is 4.16. The maximum absolute atomic E-state index is 13.7. The second-order valence-electron chi connectivity index (χ2n) is 13.0. The van der Waals surface area contributed by atoms with E-state index in [2.05, 4.69) is 0 Å².